The Bertz CT molecular complexity index is 582. The predicted octanol–water partition coefficient (Wildman–Crippen LogP) is 2.51. The molecule has 0 unspecified atom stereocenters. The van der Waals surface area contributed by atoms with Gasteiger partial charge in [-0.25, -0.2) is 4.79 Å². The van der Waals surface area contributed by atoms with Crippen molar-refractivity contribution in [2.24, 2.45) is 5.92 Å². The van der Waals surface area contributed by atoms with Crippen molar-refractivity contribution in [2.45, 2.75) is 19.8 Å². The molecule has 1 fully saturated rings. The van der Waals surface area contributed by atoms with E-state index in [0.29, 0.717) is 49.7 Å². The van der Waals surface area contributed by atoms with Crippen molar-refractivity contribution in [3.63, 3.8) is 0 Å². The monoisotopic (exact) mass is 336 g/mol. The van der Waals surface area contributed by atoms with E-state index in [1.165, 1.54) is 0 Å². The minimum atomic E-state index is -0.309. The molecule has 0 atom stereocenters. The standard InChI is InChI=1S/C17H24N2O5/c1-4-24-17(21)19-9-7-12(8-10-19)16(20)18-13-5-6-14(22-2)15(11-13)23-3/h5-6,11-12H,4,7-10H2,1-3H3,(H,18,20). The zero-order valence-corrected chi connectivity index (χ0v) is 14.3. The van der Waals surface area contributed by atoms with Crippen LogP contribution in [0.4, 0.5) is 10.5 Å². The summed E-state index contributed by atoms with van der Waals surface area (Å²) >= 11 is 0. The summed E-state index contributed by atoms with van der Waals surface area (Å²) in [6, 6.07) is 5.25. The summed E-state index contributed by atoms with van der Waals surface area (Å²) in [6.07, 6.45) is 0.937. The predicted molar refractivity (Wildman–Crippen MR) is 89.5 cm³/mol. The van der Waals surface area contributed by atoms with Crippen LogP contribution in [0.15, 0.2) is 18.2 Å². The topological polar surface area (TPSA) is 77.1 Å². The molecule has 1 saturated heterocycles. The van der Waals surface area contributed by atoms with Gasteiger partial charge in [0, 0.05) is 30.8 Å². The average Bonchev–Trinajstić information content (AvgIpc) is 2.61. The number of piperidine rings is 1. The fraction of sp³-hybridized carbons (Fsp3) is 0.529. The Balaban J connectivity index is 1.91. The first kappa shape index (κ1) is 17.9. The summed E-state index contributed by atoms with van der Waals surface area (Å²) < 4.78 is 15.4. The van der Waals surface area contributed by atoms with E-state index in [0.717, 1.165) is 0 Å². The van der Waals surface area contributed by atoms with Crippen molar-refractivity contribution in [3.8, 4) is 11.5 Å². The molecule has 2 rings (SSSR count). The lowest BCUT2D eigenvalue weighted by Crippen LogP contribution is -2.41. The van der Waals surface area contributed by atoms with Gasteiger partial charge in [0.1, 0.15) is 0 Å². The lowest BCUT2D eigenvalue weighted by Gasteiger charge is -2.30. The second kappa shape index (κ2) is 8.42. The van der Waals surface area contributed by atoms with Gasteiger partial charge in [-0.15, -0.1) is 0 Å². The molecular weight excluding hydrogens is 312 g/mol. The Morgan fingerprint density at radius 2 is 1.83 bits per heavy atom. The number of benzene rings is 1. The maximum Gasteiger partial charge on any atom is 0.409 e. The summed E-state index contributed by atoms with van der Waals surface area (Å²) in [5.41, 5.74) is 0.658. The second-order valence-electron chi connectivity index (χ2n) is 5.52. The number of likely N-dealkylation sites (tertiary alicyclic amines) is 1. The van der Waals surface area contributed by atoms with Gasteiger partial charge < -0.3 is 24.4 Å². The number of anilines is 1. The molecule has 2 amide bonds. The first-order valence-corrected chi connectivity index (χ1v) is 8.03. The molecule has 1 aromatic carbocycles. The van der Waals surface area contributed by atoms with Gasteiger partial charge in [-0.3, -0.25) is 4.79 Å². The maximum absolute atomic E-state index is 12.4. The number of hydrogen-bond donors (Lipinski definition) is 1. The molecule has 1 heterocycles. The van der Waals surface area contributed by atoms with Crippen LogP contribution in [0.3, 0.4) is 0 Å². The molecule has 0 spiro atoms. The fourth-order valence-corrected chi connectivity index (χ4v) is 2.70. The quantitative estimate of drug-likeness (QED) is 0.894. The molecule has 132 valence electrons. The lowest BCUT2D eigenvalue weighted by molar-refractivity contribution is -0.121. The molecule has 24 heavy (non-hydrogen) atoms. The van der Waals surface area contributed by atoms with Crippen molar-refractivity contribution in [3.05, 3.63) is 18.2 Å². The highest BCUT2D eigenvalue weighted by atomic mass is 16.6. The smallest absolute Gasteiger partial charge is 0.409 e. The van der Waals surface area contributed by atoms with Gasteiger partial charge in [0.25, 0.3) is 0 Å². The first-order chi connectivity index (χ1) is 11.6. The summed E-state index contributed by atoms with van der Waals surface area (Å²) in [5.74, 6) is 1.00. The van der Waals surface area contributed by atoms with E-state index in [9.17, 15) is 9.59 Å². The highest BCUT2D eigenvalue weighted by Crippen LogP contribution is 2.30. The van der Waals surface area contributed by atoms with Gasteiger partial charge in [0.15, 0.2) is 11.5 Å². The van der Waals surface area contributed by atoms with Crippen molar-refractivity contribution >= 4 is 17.7 Å². The third kappa shape index (κ3) is 4.31. The molecule has 7 nitrogen and oxygen atoms in total. The van der Waals surface area contributed by atoms with Crippen LogP contribution in [0.25, 0.3) is 0 Å². The van der Waals surface area contributed by atoms with Gasteiger partial charge in [0.05, 0.1) is 20.8 Å². The van der Waals surface area contributed by atoms with Crippen molar-refractivity contribution in [1.29, 1.82) is 0 Å². The third-order valence-electron chi connectivity index (χ3n) is 4.04. The third-order valence-corrected chi connectivity index (χ3v) is 4.04. The second-order valence-corrected chi connectivity index (χ2v) is 5.52. The molecule has 1 aromatic rings. The number of carbonyl (C=O) groups is 2. The van der Waals surface area contributed by atoms with Gasteiger partial charge in [-0.05, 0) is 31.9 Å². The minimum Gasteiger partial charge on any atom is -0.493 e. The van der Waals surface area contributed by atoms with Gasteiger partial charge in [-0.2, -0.15) is 0 Å². The van der Waals surface area contributed by atoms with Gasteiger partial charge in [-0.1, -0.05) is 0 Å². The minimum absolute atomic E-state index is 0.0503. The van der Waals surface area contributed by atoms with E-state index < -0.39 is 0 Å². The van der Waals surface area contributed by atoms with Crippen LogP contribution in [-0.2, 0) is 9.53 Å². The van der Waals surface area contributed by atoms with Crippen LogP contribution in [0, 0.1) is 5.92 Å². The number of carbonyl (C=O) groups excluding carboxylic acids is 2. The Morgan fingerprint density at radius 3 is 2.42 bits per heavy atom. The molecule has 0 saturated carbocycles. The van der Waals surface area contributed by atoms with Crippen LogP contribution in [0.5, 0.6) is 11.5 Å². The summed E-state index contributed by atoms with van der Waals surface area (Å²) in [5, 5.41) is 2.90. The van der Waals surface area contributed by atoms with Crippen LogP contribution in [0.1, 0.15) is 19.8 Å². The molecule has 0 bridgehead atoms. The van der Waals surface area contributed by atoms with E-state index in [2.05, 4.69) is 5.32 Å². The number of methoxy groups -OCH3 is 2. The highest BCUT2D eigenvalue weighted by Gasteiger charge is 2.28. The lowest BCUT2D eigenvalue weighted by atomic mass is 9.96. The number of ether oxygens (including phenoxy) is 3. The molecule has 7 heteroatoms. The molecule has 0 aliphatic carbocycles. The van der Waals surface area contributed by atoms with Crippen LogP contribution in [-0.4, -0.2) is 50.8 Å². The highest BCUT2D eigenvalue weighted by molar-refractivity contribution is 5.93. The van der Waals surface area contributed by atoms with E-state index in [-0.39, 0.29) is 17.9 Å². The maximum atomic E-state index is 12.4. The normalized spacial score (nSPS) is 14.9. The Kier molecular flexibility index (Phi) is 6.28. The summed E-state index contributed by atoms with van der Waals surface area (Å²) in [7, 11) is 3.11. The number of amides is 2. The number of rotatable bonds is 5. The Hall–Kier alpha value is -2.44. The first-order valence-electron chi connectivity index (χ1n) is 8.03. The van der Waals surface area contributed by atoms with Gasteiger partial charge in [0.2, 0.25) is 5.91 Å². The van der Waals surface area contributed by atoms with E-state index in [4.69, 9.17) is 14.2 Å². The van der Waals surface area contributed by atoms with Crippen LogP contribution >= 0.6 is 0 Å². The van der Waals surface area contributed by atoms with Crippen molar-refractivity contribution < 1.29 is 23.8 Å². The molecular formula is C17H24N2O5. The molecule has 1 aliphatic rings. The van der Waals surface area contributed by atoms with E-state index >= 15 is 0 Å². The number of nitrogens with zero attached hydrogens (tertiary/aromatic N) is 1. The Labute approximate surface area is 141 Å². The van der Waals surface area contributed by atoms with Crippen molar-refractivity contribution in [2.75, 3.05) is 39.2 Å². The van der Waals surface area contributed by atoms with E-state index in [1.807, 2.05) is 0 Å². The van der Waals surface area contributed by atoms with Crippen LogP contribution in [0.2, 0.25) is 0 Å². The number of hydrogen-bond acceptors (Lipinski definition) is 5. The van der Waals surface area contributed by atoms with E-state index in [1.54, 1.807) is 44.2 Å². The van der Waals surface area contributed by atoms with Crippen LogP contribution < -0.4 is 14.8 Å². The summed E-state index contributed by atoms with van der Waals surface area (Å²) in [6.45, 7) is 3.20. The fourth-order valence-electron chi connectivity index (χ4n) is 2.70. The molecule has 1 aliphatic heterocycles. The molecule has 0 radical (unpaired) electrons. The zero-order valence-electron chi connectivity index (χ0n) is 14.3. The largest absolute Gasteiger partial charge is 0.493 e. The Morgan fingerprint density at radius 1 is 1.17 bits per heavy atom. The number of nitrogens with one attached hydrogen (secondary N) is 1. The van der Waals surface area contributed by atoms with Gasteiger partial charge >= 0.3 is 6.09 Å². The average molecular weight is 336 g/mol. The van der Waals surface area contributed by atoms with Crippen molar-refractivity contribution in [1.82, 2.24) is 4.90 Å². The molecule has 1 N–H and O–H groups in total. The SMILES string of the molecule is CCOC(=O)N1CCC(C(=O)Nc2ccc(OC)c(OC)c2)CC1. The molecule has 0 aromatic heterocycles. The summed E-state index contributed by atoms with van der Waals surface area (Å²) in [4.78, 5) is 25.7. The zero-order chi connectivity index (χ0) is 17.5.